The van der Waals surface area contributed by atoms with E-state index in [4.69, 9.17) is 23.2 Å². The largest absolute Gasteiger partial charge is 0.315 e. The summed E-state index contributed by atoms with van der Waals surface area (Å²) < 4.78 is 30.5. The number of aromatic nitrogens is 1. The molecule has 1 aromatic heterocycles. The predicted molar refractivity (Wildman–Crippen MR) is 140 cm³/mol. The first kappa shape index (κ1) is 26.9. The summed E-state index contributed by atoms with van der Waals surface area (Å²) in [6, 6.07) is 9.43. The summed E-state index contributed by atoms with van der Waals surface area (Å²) >= 11 is 14.0. The number of carbonyl (C=O) groups is 1. The van der Waals surface area contributed by atoms with Crippen LogP contribution in [0.3, 0.4) is 0 Å². The highest BCUT2D eigenvalue weighted by Crippen LogP contribution is 2.31. The van der Waals surface area contributed by atoms with Crippen LogP contribution in [0.25, 0.3) is 10.2 Å². The van der Waals surface area contributed by atoms with Gasteiger partial charge in [0.2, 0.25) is 10.0 Å². The molecule has 3 aromatic rings. The first-order valence-corrected chi connectivity index (χ1v) is 14.4. The third kappa shape index (κ3) is 5.74. The van der Waals surface area contributed by atoms with Gasteiger partial charge in [0.05, 0.1) is 25.2 Å². The van der Waals surface area contributed by atoms with Crippen LogP contribution in [0.5, 0.6) is 0 Å². The van der Waals surface area contributed by atoms with E-state index in [1.165, 1.54) is 39.9 Å². The molecule has 10 heteroatoms. The Morgan fingerprint density at radius 2 is 1.56 bits per heavy atom. The van der Waals surface area contributed by atoms with Gasteiger partial charge in [-0.25, -0.2) is 8.42 Å². The molecule has 0 aliphatic carbocycles. The molecule has 0 atom stereocenters. The Balaban J connectivity index is 1.93. The molecule has 34 heavy (non-hydrogen) atoms. The molecule has 1 amide bonds. The maximum Gasteiger partial charge on any atom is 0.279 e. The van der Waals surface area contributed by atoms with Crippen LogP contribution in [0.2, 0.25) is 10.0 Å². The van der Waals surface area contributed by atoms with Crippen LogP contribution < -0.4 is 4.80 Å². The van der Waals surface area contributed by atoms with Gasteiger partial charge in [-0.1, -0.05) is 61.2 Å². The van der Waals surface area contributed by atoms with Crippen molar-refractivity contribution in [2.24, 2.45) is 4.99 Å². The van der Waals surface area contributed by atoms with Crippen molar-refractivity contribution in [3.05, 3.63) is 56.8 Å². The van der Waals surface area contributed by atoms with Crippen molar-refractivity contribution in [2.75, 3.05) is 13.1 Å². The Bertz CT molecular complexity index is 1320. The summed E-state index contributed by atoms with van der Waals surface area (Å²) in [5.74, 6) is -0.459. The van der Waals surface area contributed by atoms with E-state index in [0.717, 1.165) is 35.9 Å². The smallest absolute Gasteiger partial charge is 0.279 e. The molecule has 0 aliphatic rings. The monoisotopic (exact) mass is 541 g/mol. The highest BCUT2D eigenvalue weighted by molar-refractivity contribution is 7.89. The number of nitrogens with zero attached hydrogens (tertiary/aromatic N) is 3. The number of aryl methyl sites for hydroxylation is 1. The molecule has 0 radical (unpaired) electrons. The number of carbonyl (C=O) groups excluding carboxylic acids is 1. The van der Waals surface area contributed by atoms with Gasteiger partial charge in [0.25, 0.3) is 5.91 Å². The molecule has 0 bridgehead atoms. The maximum atomic E-state index is 13.2. The number of thiazole rings is 1. The number of unbranched alkanes of at least 4 members (excludes halogenated alkanes) is 2. The van der Waals surface area contributed by atoms with Crippen molar-refractivity contribution < 1.29 is 13.2 Å². The first-order chi connectivity index (χ1) is 16.2. The molecule has 0 unspecified atom stereocenters. The van der Waals surface area contributed by atoms with Gasteiger partial charge >= 0.3 is 0 Å². The molecule has 6 nitrogen and oxygen atoms in total. The van der Waals surface area contributed by atoms with Crippen molar-refractivity contribution in [3.8, 4) is 0 Å². The minimum absolute atomic E-state index is 0.181. The van der Waals surface area contributed by atoms with E-state index in [1.54, 1.807) is 12.1 Å². The van der Waals surface area contributed by atoms with Gasteiger partial charge in [0.1, 0.15) is 0 Å². The van der Waals surface area contributed by atoms with E-state index >= 15 is 0 Å². The van der Waals surface area contributed by atoms with Gasteiger partial charge in [0, 0.05) is 25.2 Å². The van der Waals surface area contributed by atoms with Crippen LogP contribution >= 0.6 is 34.5 Å². The molecule has 3 rings (SSSR count). The van der Waals surface area contributed by atoms with Crippen LogP contribution in [0.1, 0.15) is 56.8 Å². The second-order valence-corrected chi connectivity index (χ2v) is 11.6. The molecule has 0 spiro atoms. The third-order valence-electron chi connectivity index (χ3n) is 5.50. The van der Waals surface area contributed by atoms with E-state index in [1.807, 2.05) is 25.3 Å². The molecule has 0 saturated carbocycles. The lowest BCUT2D eigenvalue weighted by Crippen LogP contribution is -2.33. The van der Waals surface area contributed by atoms with Crippen molar-refractivity contribution in [3.63, 3.8) is 0 Å². The van der Waals surface area contributed by atoms with Crippen molar-refractivity contribution in [2.45, 2.75) is 57.9 Å². The fraction of sp³-hybridized carbons (Fsp3) is 0.417. The molecule has 0 saturated heterocycles. The molecule has 2 aromatic carbocycles. The highest BCUT2D eigenvalue weighted by atomic mass is 35.5. The number of benzene rings is 2. The average Bonchev–Trinajstić information content (AvgIpc) is 3.20. The fourth-order valence-corrected chi connectivity index (χ4v) is 6.81. The second kappa shape index (κ2) is 11.8. The number of halogens is 2. The highest BCUT2D eigenvalue weighted by Gasteiger charge is 2.24. The fourth-order valence-electron chi connectivity index (χ4n) is 3.58. The maximum absolute atomic E-state index is 13.2. The number of fused-ring (bicyclic) bond motifs is 1. The summed E-state index contributed by atoms with van der Waals surface area (Å²) in [6.07, 6.45) is 3.44. The molecular weight excluding hydrogens is 513 g/mol. The first-order valence-electron chi connectivity index (χ1n) is 11.4. The Kier molecular flexibility index (Phi) is 9.34. The Labute approximate surface area is 214 Å². The Morgan fingerprint density at radius 1 is 0.971 bits per heavy atom. The van der Waals surface area contributed by atoms with Gasteiger partial charge in [-0.2, -0.15) is 9.30 Å². The lowest BCUT2D eigenvalue weighted by atomic mass is 10.2. The molecule has 0 fully saturated rings. The van der Waals surface area contributed by atoms with Crippen molar-refractivity contribution >= 4 is 60.7 Å². The van der Waals surface area contributed by atoms with E-state index in [0.29, 0.717) is 40.0 Å². The number of amides is 1. The average molecular weight is 543 g/mol. The molecular formula is C24H29Cl2N3O3S2. The zero-order chi connectivity index (χ0) is 24.9. The predicted octanol–water partition coefficient (Wildman–Crippen LogP) is 6.36. The Hall–Kier alpha value is -1.71. The van der Waals surface area contributed by atoms with Crippen LogP contribution in [0, 0.1) is 0 Å². The van der Waals surface area contributed by atoms with E-state index in [-0.39, 0.29) is 4.90 Å². The lowest BCUT2D eigenvalue weighted by molar-refractivity contribution is 0.0997. The quantitative estimate of drug-likeness (QED) is 0.299. The van der Waals surface area contributed by atoms with Crippen LogP contribution in [0.15, 0.2) is 46.3 Å². The Morgan fingerprint density at radius 3 is 2.12 bits per heavy atom. The topological polar surface area (TPSA) is 71.7 Å². The summed E-state index contributed by atoms with van der Waals surface area (Å²) in [5, 5.41) is 1.09. The summed E-state index contributed by atoms with van der Waals surface area (Å²) in [6.45, 7) is 7.56. The van der Waals surface area contributed by atoms with Crippen molar-refractivity contribution in [1.82, 2.24) is 8.87 Å². The van der Waals surface area contributed by atoms with Gasteiger partial charge < -0.3 is 4.57 Å². The number of hydrogen-bond donors (Lipinski definition) is 0. The van der Waals surface area contributed by atoms with Crippen LogP contribution in [0.4, 0.5) is 0 Å². The summed E-state index contributed by atoms with van der Waals surface area (Å²) in [4.78, 5) is 17.9. The molecule has 1 heterocycles. The van der Waals surface area contributed by atoms with Crippen molar-refractivity contribution in [1.29, 1.82) is 0 Å². The van der Waals surface area contributed by atoms with E-state index < -0.39 is 15.9 Å². The number of sulfonamides is 1. The minimum atomic E-state index is -3.62. The van der Waals surface area contributed by atoms with E-state index in [9.17, 15) is 13.2 Å². The van der Waals surface area contributed by atoms with E-state index in [2.05, 4.69) is 4.99 Å². The molecule has 184 valence electrons. The number of hydrogen-bond acceptors (Lipinski definition) is 4. The van der Waals surface area contributed by atoms with Gasteiger partial charge in [-0.15, -0.1) is 0 Å². The lowest BCUT2D eigenvalue weighted by Gasteiger charge is -2.22. The standard InChI is InChI=1S/C24H29Cl2N3O3S2/c1-4-7-15-28(16-8-5-2)34(31,32)18-11-9-17(10-12-18)23(30)27-24-29(6-3)21-19(25)13-14-20(26)22(21)33-24/h9-14H,4-8,15-16H2,1-3H3. The van der Waals surface area contributed by atoms with Gasteiger partial charge in [0.15, 0.2) is 4.80 Å². The molecule has 0 aliphatic heterocycles. The third-order valence-corrected chi connectivity index (χ3v) is 9.26. The minimum Gasteiger partial charge on any atom is -0.315 e. The van der Waals surface area contributed by atoms with Crippen LogP contribution in [-0.4, -0.2) is 36.3 Å². The molecule has 0 N–H and O–H groups in total. The summed E-state index contributed by atoms with van der Waals surface area (Å²) in [5.41, 5.74) is 1.05. The van der Waals surface area contributed by atoms with Gasteiger partial charge in [-0.3, -0.25) is 4.79 Å². The SMILES string of the molecule is CCCCN(CCCC)S(=O)(=O)c1ccc(C(=O)N=c2sc3c(Cl)ccc(Cl)c3n2CC)cc1. The summed E-state index contributed by atoms with van der Waals surface area (Å²) in [7, 11) is -3.62. The normalized spacial score (nSPS) is 12.7. The second-order valence-electron chi connectivity index (χ2n) is 7.89. The zero-order valence-corrected chi connectivity index (χ0v) is 22.7. The zero-order valence-electron chi connectivity index (χ0n) is 19.6. The number of rotatable bonds is 10. The van der Waals surface area contributed by atoms with Crippen LogP contribution in [-0.2, 0) is 16.6 Å². The van der Waals surface area contributed by atoms with Gasteiger partial charge in [-0.05, 0) is 56.2 Å².